The Hall–Kier alpha value is -8.05. The summed E-state index contributed by atoms with van der Waals surface area (Å²) in [6.07, 6.45) is -0.0581. The summed E-state index contributed by atoms with van der Waals surface area (Å²) < 4.78 is 0. The first-order valence-corrected chi connectivity index (χ1v) is 21.9. The zero-order chi connectivity index (χ0) is 49.8. The van der Waals surface area contributed by atoms with Gasteiger partial charge in [-0.05, 0) is 49.3 Å². The molecule has 4 rings (SSSR count). The number of aliphatic carboxylic acids is 1. The number of carboxylic acid groups (broad SMARTS) is 1. The number of rotatable bonds is 14. The first kappa shape index (κ1) is 52.6. The number of hydrogen-bond donors (Lipinski definition) is 13. The lowest BCUT2D eigenvalue weighted by molar-refractivity contribution is -0.142. The first-order valence-electron chi connectivity index (χ1n) is 21.9. The van der Waals surface area contributed by atoms with Gasteiger partial charge in [-0.2, -0.15) is 0 Å². The molecule has 1 fully saturated rings. The number of nitrogens with zero attached hydrogens (tertiary/aromatic N) is 1. The lowest BCUT2D eigenvalue weighted by Crippen LogP contribution is -2.59. The van der Waals surface area contributed by atoms with E-state index in [1.807, 2.05) is 6.07 Å². The van der Waals surface area contributed by atoms with E-state index in [0.29, 0.717) is 11.1 Å². The highest BCUT2D eigenvalue weighted by atomic mass is 16.4. The number of H-pyrrole nitrogens is 1. The number of primary amides is 1. The van der Waals surface area contributed by atoms with Crippen molar-refractivity contribution in [1.82, 2.24) is 47.5 Å². The number of para-hydroxylation sites is 1. The zero-order valence-corrected chi connectivity index (χ0v) is 37.4. The third kappa shape index (κ3) is 17.4. The number of carbonyl (C=O) groups excluding carboxylic acids is 9. The predicted molar refractivity (Wildman–Crippen MR) is 245 cm³/mol. The minimum atomic E-state index is -1.74. The molecule has 16 N–H and O–H groups in total. The van der Waals surface area contributed by atoms with Gasteiger partial charge >= 0.3 is 5.97 Å². The Kier molecular flexibility index (Phi) is 20.2. The number of aromatic nitrogens is 1. The first-order chi connectivity index (χ1) is 32.4. The van der Waals surface area contributed by atoms with Crippen molar-refractivity contribution in [2.24, 2.45) is 22.2 Å². The van der Waals surface area contributed by atoms with Crippen molar-refractivity contribution < 1.29 is 53.1 Å². The molecule has 3 unspecified atom stereocenters. The van der Waals surface area contributed by atoms with Gasteiger partial charge in [0.1, 0.15) is 36.3 Å². The average Bonchev–Trinajstić information content (AvgIpc) is 3.70. The van der Waals surface area contributed by atoms with E-state index in [1.54, 1.807) is 54.7 Å². The lowest BCUT2D eigenvalue weighted by Gasteiger charge is -2.26. The highest BCUT2D eigenvalue weighted by Gasteiger charge is 2.33. The third-order valence-electron chi connectivity index (χ3n) is 10.7. The summed E-state index contributed by atoms with van der Waals surface area (Å²) in [5.41, 5.74) is 18.2. The van der Waals surface area contributed by atoms with E-state index < -0.39 is 115 Å². The molecule has 0 bridgehead atoms. The quantitative estimate of drug-likeness (QED) is 0.0429. The summed E-state index contributed by atoms with van der Waals surface area (Å²) in [7, 11) is 0. The maximum absolute atomic E-state index is 14.0. The summed E-state index contributed by atoms with van der Waals surface area (Å²) in [6, 6.07) is 6.84. The molecule has 366 valence electrons. The minimum absolute atomic E-state index is 0.0127. The van der Waals surface area contributed by atoms with Crippen molar-refractivity contribution in [3.05, 3.63) is 71.9 Å². The maximum atomic E-state index is 14.0. The van der Waals surface area contributed by atoms with Crippen molar-refractivity contribution in [2.45, 2.75) is 101 Å². The molecular formula is C44H59N13O11. The summed E-state index contributed by atoms with van der Waals surface area (Å²) >= 11 is 0. The number of nitrogens with two attached hydrogens (primary N) is 3. The van der Waals surface area contributed by atoms with Crippen molar-refractivity contribution in [3.63, 3.8) is 0 Å². The number of carboxylic acids is 1. The van der Waals surface area contributed by atoms with Gasteiger partial charge in [0.15, 0.2) is 5.96 Å². The number of guanidine groups is 1. The molecule has 0 aliphatic carbocycles. The van der Waals surface area contributed by atoms with E-state index in [4.69, 9.17) is 17.2 Å². The number of hydrogen-bond acceptors (Lipinski definition) is 11. The SMILES string of the molecule is CC(=O)N[C@@H](CCCN=C(N)N)C(=O)NC1CCC(=O)NCCCC(C(=O)O)NC(=O)[C@H](Cc2c[nH]c3ccccc23)NC(=O)CNC(=O)C(Cc2ccccc2)NC(=O)[C@H](CC(N)=O)NC1=O. The molecule has 3 aromatic rings. The van der Waals surface area contributed by atoms with Gasteiger partial charge in [0.05, 0.1) is 13.0 Å². The smallest absolute Gasteiger partial charge is 0.326 e. The highest BCUT2D eigenvalue weighted by molar-refractivity contribution is 5.98. The van der Waals surface area contributed by atoms with Crippen molar-refractivity contribution >= 4 is 76.0 Å². The molecule has 0 saturated carbocycles. The van der Waals surface area contributed by atoms with Crippen LogP contribution < -0.4 is 59.7 Å². The van der Waals surface area contributed by atoms with Crippen LogP contribution in [0.3, 0.4) is 0 Å². The molecule has 24 nitrogen and oxygen atoms in total. The van der Waals surface area contributed by atoms with Crippen LogP contribution in [-0.4, -0.2) is 131 Å². The van der Waals surface area contributed by atoms with E-state index in [0.717, 1.165) is 10.9 Å². The molecule has 9 amide bonds. The summed E-state index contributed by atoms with van der Waals surface area (Å²) in [4.78, 5) is 140. The van der Waals surface area contributed by atoms with Crippen LogP contribution in [0.4, 0.5) is 0 Å². The van der Waals surface area contributed by atoms with E-state index in [9.17, 15) is 53.1 Å². The van der Waals surface area contributed by atoms with Gasteiger partial charge in [-0.3, -0.25) is 48.1 Å². The Labute approximate surface area is 390 Å². The monoisotopic (exact) mass is 945 g/mol. The Morgan fingerprint density at radius 3 is 2.15 bits per heavy atom. The van der Waals surface area contributed by atoms with Gasteiger partial charge in [0.25, 0.3) is 0 Å². The van der Waals surface area contributed by atoms with Gasteiger partial charge < -0.3 is 69.8 Å². The fourth-order valence-corrected chi connectivity index (χ4v) is 7.27. The van der Waals surface area contributed by atoms with Crippen LogP contribution in [0.5, 0.6) is 0 Å². The van der Waals surface area contributed by atoms with Gasteiger partial charge in [-0.1, -0.05) is 48.5 Å². The third-order valence-corrected chi connectivity index (χ3v) is 10.7. The highest BCUT2D eigenvalue weighted by Crippen LogP contribution is 2.19. The Morgan fingerprint density at radius 2 is 1.46 bits per heavy atom. The largest absolute Gasteiger partial charge is 0.480 e. The number of aliphatic imine (C=N–C) groups is 1. The van der Waals surface area contributed by atoms with E-state index in [1.165, 1.54) is 6.92 Å². The van der Waals surface area contributed by atoms with Crippen LogP contribution in [0.25, 0.3) is 10.9 Å². The number of aromatic amines is 1. The second kappa shape index (κ2) is 26.2. The molecule has 68 heavy (non-hydrogen) atoms. The molecule has 1 saturated heterocycles. The molecule has 6 atom stereocenters. The van der Waals surface area contributed by atoms with E-state index in [-0.39, 0.29) is 64.0 Å². The van der Waals surface area contributed by atoms with Gasteiger partial charge in [-0.15, -0.1) is 0 Å². The Morgan fingerprint density at radius 1 is 0.779 bits per heavy atom. The average molecular weight is 946 g/mol. The van der Waals surface area contributed by atoms with Crippen LogP contribution in [0.15, 0.2) is 65.8 Å². The normalized spacial score (nSPS) is 21.0. The second-order valence-electron chi connectivity index (χ2n) is 16.1. The molecule has 2 aromatic carbocycles. The molecule has 24 heteroatoms. The fraction of sp³-hybridized carbons (Fsp3) is 0.432. The van der Waals surface area contributed by atoms with Crippen LogP contribution in [0.2, 0.25) is 0 Å². The second-order valence-corrected chi connectivity index (χ2v) is 16.1. The lowest BCUT2D eigenvalue weighted by atomic mass is 10.0. The molecule has 1 aromatic heterocycles. The number of nitrogens with one attached hydrogen (secondary N) is 9. The van der Waals surface area contributed by atoms with Crippen LogP contribution in [-0.2, 0) is 60.8 Å². The molecule has 2 heterocycles. The van der Waals surface area contributed by atoms with Crippen molar-refractivity contribution in [3.8, 4) is 0 Å². The topological polar surface area (TPSA) is 393 Å². The molecule has 0 spiro atoms. The van der Waals surface area contributed by atoms with E-state index in [2.05, 4.69) is 52.5 Å². The van der Waals surface area contributed by atoms with Gasteiger partial charge in [-0.25, -0.2) is 4.79 Å². The molecule has 1 aliphatic heterocycles. The van der Waals surface area contributed by atoms with Crippen LogP contribution in [0, 0.1) is 0 Å². The maximum Gasteiger partial charge on any atom is 0.326 e. The number of carbonyl (C=O) groups is 10. The summed E-state index contributed by atoms with van der Waals surface area (Å²) in [6.45, 7) is 0.474. The summed E-state index contributed by atoms with van der Waals surface area (Å²) in [5, 5.41) is 30.8. The van der Waals surface area contributed by atoms with Crippen LogP contribution >= 0.6 is 0 Å². The minimum Gasteiger partial charge on any atom is -0.480 e. The number of fused-ring (bicyclic) bond motifs is 1. The predicted octanol–water partition coefficient (Wildman–Crippen LogP) is -3.30. The summed E-state index contributed by atoms with van der Waals surface area (Å²) in [5.74, 6) is -9.38. The number of amides is 9. The van der Waals surface area contributed by atoms with Gasteiger partial charge in [0, 0.05) is 56.4 Å². The molecule has 0 radical (unpaired) electrons. The Balaban J connectivity index is 1.67. The van der Waals surface area contributed by atoms with Crippen LogP contribution in [0.1, 0.15) is 63.0 Å². The zero-order valence-electron chi connectivity index (χ0n) is 37.4. The molecular weight excluding hydrogens is 887 g/mol. The standard InChI is InChI=1S/C44H59N13O11/c1-24(58)52-29(13-7-18-49-44(46)47)39(63)54-30-15-16-36(60)48-17-8-14-31(43(67)68)55-41(65)33(20-26-22-50-28-12-6-5-11-27(26)28)53-37(61)23-51-38(62)32(19-25-9-3-2-4-10-25)56-42(66)34(21-35(45)59)57-40(30)64/h2-6,9-12,22,29-34,50H,7-8,13-21,23H2,1H3,(H2,45,59)(H,48,60)(H,51,62)(H,52,58)(H,53,61)(H,54,63)(H,55,65)(H,56,66)(H,57,64)(H,67,68)(H4,46,47,49)/t29-,30?,31?,32?,33-,34-/m0/s1. The Bertz CT molecular complexity index is 2330. The van der Waals surface area contributed by atoms with Crippen molar-refractivity contribution in [1.29, 1.82) is 0 Å². The van der Waals surface area contributed by atoms with Gasteiger partial charge in [0.2, 0.25) is 53.2 Å². The van der Waals surface area contributed by atoms with Crippen molar-refractivity contribution in [2.75, 3.05) is 19.6 Å². The van der Waals surface area contributed by atoms with E-state index >= 15 is 0 Å². The molecule has 1 aliphatic rings. The fourth-order valence-electron chi connectivity index (χ4n) is 7.27. The number of benzene rings is 2.